The van der Waals surface area contributed by atoms with Crippen molar-refractivity contribution in [2.75, 3.05) is 7.11 Å². The molecule has 0 aromatic heterocycles. The Labute approximate surface area is 183 Å². The largest absolute Gasteiger partial charge is 0.513 e. The highest BCUT2D eigenvalue weighted by Crippen LogP contribution is 2.27. The number of aliphatic carboxylic acids is 1. The molecule has 0 bridgehead atoms. The Bertz CT molecular complexity index is 972. The number of methoxy groups -OCH3 is 1. The summed E-state index contributed by atoms with van der Waals surface area (Å²) in [4.78, 5) is 46.7. The normalized spacial score (nSPS) is 17.7. The number of hydrogen-bond acceptors (Lipinski definition) is 8. The van der Waals surface area contributed by atoms with E-state index in [0.29, 0.717) is 25.7 Å². The van der Waals surface area contributed by atoms with Crippen molar-refractivity contribution in [1.82, 2.24) is 0 Å². The van der Waals surface area contributed by atoms with Crippen LogP contribution in [-0.2, 0) is 14.3 Å². The summed E-state index contributed by atoms with van der Waals surface area (Å²) in [5.41, 5.74) is 0.518. The van der Waals surface area contributed by atoms with Crippen molar-refractivity contribution in [1.29, 1.82) is 0 Å². The van der Waals surface area contributed by atoms with Crippen molar-refractivity contribution in [3.05, 3.63) is 59.7 Å². The molecule has 168 valence electrons. The number of benzene rings is 2. The monoisotopic (exact) mass is 442 g/mol. The minimum absolute atomic E-state index is 0.232. The van der Waals surface area contributed by atoms with Crippen LogP contribution in [0.4, 0.5) is 4.79 Å². The molecule has 1 N–H and O–H groups in total. The predicted molar refractivity (Wildman–Crippen MR) is 110 cm³/mol. The molecular formula is C23H22O9. The molecule has 0 amide bonds. The summed E-state index contributed by atoms with van der Waals surface area (Å²) in [6, 6.07) is 11.7. The quantitative estimate of drug-likeness (QED) is 0.403. The van der Waals surface area contributed by atoms with Crippen molar-refractivity contribution < 1.29 is 43.2 Å². The van der Waals surface area contributed by atoms with Crippen LogP contribution >= 0.6 is 0 Å². The first-order valence-corrected chi connectivity index (χ1v) is 9.97. The van der Waals surface area contributed by atoms with Crippen LogP contribution in [-0.4, -0.2) is 42.4 Å². The Balaban J connectivity index is 1.52. The van der Waals surface area contributed by atoms with Crippen LogP contribution in [0.25, 0.3) is 0 Å². The second kappa shape index (κ2) is 10.4. The number of rotatable bonds is 6. The van der Waals surface area contributed by atoms with Crippen LogP contribution in [0, 0.1) is 5.92 Å². The lowest BCUT2D eigenvalue weighted by Gasteiger charge is -2.25. The molecule has 1 saturated carbocycles. The van der Waals surface area contributed by atoms with E-state index in [1.807, 2.05) is 0 Å². The molecule has 1 fully saturated rings. The van der Waals surface area contributed by atoms with Gasteiger partial charge in [-0.1, -0.05) is 0 Å². The number of carbonyl (C=O) groups is 4. The fourth-order valence-corrected chi connectivity index (χ4v) is 3.27. The summed E-state index contributed by atoms with van der Waals surface area (Å²) in [6.45, 7) is 0. The molecule has 9 heteroatoms. The Hall–Kier alpha value is -3.88. The van der Waals surface area contributed by atoms with E-state index < -0.39 is 24.1 Å². The number of hydrogen-bond donors (Lipinski definition) is 1. The fraction of sp³-hybridized carbons (Fsp3) is 0.304. The molecule has 2 aromatic carbocycles. The topological polar surface area (TPSA) is 125 Å². The predicted octanol–water partition coefficient (Wildman–Crippen LogP) is 3.85. The molecule has 0 spiro atoms. The van der Waals surface area contributed by atoms with Gasteiger partial charge in [0.1, 0.15) is 17.6 Å². The zero-order chi connectivity index (χ0) is 23.1. The van der Waals surface area contributed by atoms with Crippen molar-refractivity contribution in [2.45, 2.75) is 31.8 Å². The first kappa shape index (κ1) is 22.8. The molecule has 9 nitrogen and oxygen atoms in total. The standard InChI is InChI=1S/C23H22O9/c1-29-23(28)32-19-12-10-18(11-13-19)31-22(27)16-4-2-15(3-5-16)21(26)30-17-8-6-14(7-9-17)20(24)25/h2-5,10-14,17H,6-9H2,1H3,(H,24,25). The minimum Gasteiger partial charge on any atom is -0.481 e. The third-order valence-electron chi connectivity index (χ3n) is 5.06. The van der Waals surface area contributed by atoms with Crippen molar-refractivity contribution in [2.24, 2.45) is 5.92 Å². The highest BCUT2D eigenvalue weighted by Gasteiger charge is 2.28. The first-order valence-electron chi connectivity index (χ1n) is 9.97. The maximum atomic E-state index is 12.3. The van der Waals surface area contributed by atoms with Gasteiger partial charge in [-0.15, -0.1) is 0 Å². The lowest BCUT2D eigenvalue weighted by atomic mass is 9.87. The summed E-state index contributed by atoms with van der Waals surface area (Å²) in [5.74, 6) is -1.87. The maximum absolute atomic E-state index is 12.3. The SMILES string of the molecule is COC(=O)Oc1ccc(OC(=O)c2ccc(C(=O)OC3CCC(C(=O)O)CC3)cc2)cc1. The number of carboxylic acids is 1. The van der Waals surface area contributed by atoms with Gasteiger partial charge >= 0.3 is 24.1 Å². The van der Waals surface area contributed by atoms with Gasteiger partial charge in [0.05, 0.1) is 24.2 Å². The van der Waals surface area contributed by atoms with Crippen LogP contribution in [0.5, 0.6) is 11.5 Å². The van der Waals surface area contributed by atoms with Gasteiger partial charge < -0.3 is 24.1 Å². The molecule has 0 radical (unpaired) electrons. The summed E-state index contributed by atoms with van der Waals surface area (Å²) in [6.07, 6.45) is 0.810. The second-order valence-corrected chi connectivity index (χ2v) is 7.21. The Morgan fingerprint density at radius 1 is 0.750 bits per heavy atom. The molecular weight excluding hydrogens is 420 g/mol. The molecule has 1 aliphatic rings. The molecule has 0 unspecified atom stereocenters. The Morgan fingerprint density at radius 3 is 1.75 bits per heavy atom. The zero-order valence-corrected chi connectivity index (χ0v) is 17.3. The molecule has 0 aliphatic heterocycles. The molecule has 0 heterocycles. The number of carboxylic acid groups (broad SMARTS) is 1. The van der Waals surface area contributed by atoms with E-state index in [4.69, 9.17) is 19.3 Å². The van der Waals surface area contributed by atoms with E-state index in [1.165, 1.54) is 55.6 Å². The van der Waals surface area contributed by atoms with Crippen LogP contribution in [0.3, 0.4) is 0 Å². The van der Waals surface area contributed by atoms with Gasteiger partial charge in [0, 0.05) is 0 Å². The van der Waals surface area contributed by atoms with E-state index >= 15 is 0 Å². The van der Waals surface area contributed by atoms with Crippen molar-refractivity contribution in [3.8, 4) is 11.5 Å². The van der Waals surface area contributed by atoms with Gasteiger partial charge in [0.25, 0.3) is 0 Å². The van der Waals surface area contributed by atoms with Gasteiger partial charge in [0.15, 0.2) is 0 Å². The van der Waals surface area contributed by atoms with Gasteiger partial charge in [-0.2, -0.15) is 0 Å². The van der Waals surface area contributed by atoms with E-state index in [1.54, 1.807) is 0 Å². The lowest BCUT2D eigenvalue weighted by Crippen LogP contribution is -2.27. The number of carbonyl (C=O) groups excluding carboxylic acids is 3. The van der Waals surface area contributed by atoms with Crippen LogP contribution < -0.4 is 9.47 Å². The highest BCUT2D eigenvalue weighted by atomic mass is 16.7. The second-order valence-electron chi connectivity index (χ2n) is 7.21. The molecule has 0 saturated heterocycles. The van der Waals surface area contributed by atoms with Crippen LogP contribution in [0.15, 0.2) is 48.5 Å². The first-order chi connectivity index (χ1) is 15.4. The average Bonchev–Trinajstić information content (AvgIpc) is 2.80. The smallest absolute Gasteiger partial charge is 0.481 e. The summed E-state index contributed by atoms with van der Waals surface area (Å²) < 4.78 is 19.9. The number of esters is 2. The Kier molecular flexibility index (Phi) is 7.43. The lowest BCUT2D eigenvalue weighted by molar-refractivity contribution is -0.143. The summed E-state index contributed by atoms with van der Waals surface area (Å²) in [5, 5.41) is 9.03. The maximum Gasteiger partial charge on any atom is 0.513 e. The van der Waals surface area contributed by atoms with Gasteiger partial charge in [-0.05, 0) is 74.2 Å². The summed E-state index contributed by atoms with van der Waals surface area (Å²) in [7, 11) is 1.19. The Morgan fingerprint density at radius 2 is 1.25 bits per heavy atom. The highest BCUT2D eigenvalue weighted by molar-refractivity contribution is 5.94. The molecule has 0 atom stereocenters. The van der Waals surface area contributed by atoms with E-state index in [2.05, 4.69) is 4.74 Å². The van der Waals surface area contributed by atoms with E-state index in [-0.39, 0.29) is 34.6 Å². The van der Waals surface area contributed by atoms with Gasteiger partial charge in [-0.25, -0.2) is 14.4 Å². The summed E-state index contributed by atoms with van der Waals surface area (Å²) >= 11 is 0. The zero-order valence-electron chi connectivity index (χ0n) is 17.3. The van der Waals surface area contributed by atoms with Crippen molar-refractivity contribution >= 4 is 24.1 Å². The molecule has 1 aliphatic carbocycles. The number of ether oxygens (including phenoxy) is 4. The van der Waals surface area contributed by atoms with Crippen LogP contribution in [0.2, 0.25) is 0 Å². The van der Waals surface area contributed by atoms with E-state index in [0.717, 1.165) is 0 Å². The minimum atomic E-state index is -0.860. The van der Waals surface area contributed by atoms with Crippen molar-refractivity contribution in [3.63, 3.8) is 0 Å². The van der Waals surface area contributed by atoms with Gasteiger partial charge in [-0.3, -0.25) is 4.79 Å². The fourth-order valence-electron chi connectivity index (χ4n) is 3.27. The molecule has 32 heavy (non-hydrogen) atoms. The van der Waals surface area contributed by atoms with Crippen LogP contribution in [0.1, 0.15) is 46.4 Å². The third-order valence-corrected chi connectivity index (χ3v) is 5.06. The third kappa shape index (κ3) is 6.07. The molecule has 3 rings (SSSR count). The van der Waals surface area contributed by atoms with Gasteiger partial charge in [0.2, 0.25) is 0 Å². The van der Waals surface area contributed by atoms with E-state index in [9.17, 15) is 19.2 Å². The average molecular weight is 442 g/mol. The molecule has 2 aromatic rings.